The molecule has 4 nitrogen and oxygen atoms in total. The molecule has 0 aliphatic carbocycles. The molecule has 2 aromatic carbocycles. The quantitative estimate of drug-likeness (QED) is 0.400. The highest BCUT2D eigenvalue weighted by molar-refractivity contribution is 5.69. The molecule has 0 unspecified atom stereocenters. The van der Waals surface area contributed by atoms with Gasteiger partial charge in [0.2, 0.25) is 0 Å². The van der Waals surface area contributed by atoms with Gasteiger partial charge in [-0.15, -0.1) is 0 Å². The van der Waals surface area contributed by atoms with E-state index in [1.807, 2.05) is 31.2 Å². The van der Waals surface area contributed by atoms with Crippen molar-refractivity contribution in [3.8, 4) is 11.5 Å². The molecule has 0 aliphatic heterocycles. The van der Waals surface area contributed by atoms with Crippen LogP contribution in [0, 0.1) is 6.92 Å². The minimum absolute atomic E-state index is 0.00786. The van der Waals surface area contributed by atoms with Crippen molar-refractivity contribution in [2.75, 3.05) is 13.2 Å². The van der Waals surface area contributed by atoms with Crippen LogP contribution in [0.1, 0.15) is 30.9 Å². The Hall–Kier alpha value is -2.89. The van der Waals surface area contributed by atoms with E-state index in [-0.39, 0.29) is 31.6 Å². The summed E-state index contributed by atoms with van der Waals surface area (Å²) in [7, 11) is 0. The van der Waals surface area contributed by atoms with E-state index in [4.69, 9.17) is 14.2 Å². The topological polar surface area (TPSA) is 44.8 Å². The van der Waals surface area contributed by atoms with Crippen LogP contribution in [-0.4, -0.2) is 19.2 Å². The molecule has 0 aliphatic rings. The highest BCUT2D eigenvalue weighted by atomic mass is 19.3. The van der Waals surface area contributed by atoms with E-state index < -0.39 is 12.0 Å². The largest absolute Gasteiger partial charge is 0.490 e. The average Bonchev–Trinajstić information content (AvgIpc) is 2.69. The summed E-state index contributed by atoms with van der Waals surface area (Å²) >= 11 is 0. The predicted octanol–water partition coefficient (Wildman–Crippen LogP) is 5.45. The van der Waals surface area contributed by atoms with Gasteiger partial charge < -0.3 is 14.2 Å². The molecular weight excluding hydrogens is 366 g/mol. The van der Waals surface area contributed by atoms with Crippen LogP contribution < -0.4 is 9.47 Å². The molecule has 0 spiro atoms. The number of ether oxygens (including phenoxy) is 3. The second-order valence-corrected chi connectivity index (χ2v) is 6.36. The highest BCUT2D eigenvalue weighted by Crippen LogP contribution is 2.19. The van der Waals surface area contributed by atoms with Gasteiger partial charge in [-0.1, -0.05) is 29.8 Å². The predicted molar refractivity (Wildman–Crippen MR) is 103 cm³/mol. The Bertz CT molecular complexity index is 779. The lowest BCUT2D eigenvalue weighted by Gasteiger charge is -2.09. The Morgan fingerprint density at radius 3 is 2.07 bits per heavy atom. The van der Waals surface area contributed by atoms with Crippen molar-refractivity contribution in [3.05, 3.63) is 71.3 Å². The number of rotatable bonds is 10. The Labute approximate surface area is 163 Å². The van der Waals surface area contributed by atoms with Gasteiger partial charge in [0.05, 0.1) is 0 Å². The first kappa shape index (κ1) is 21.4. The molecule has 2 rings (SSSR count). The lowest BCUT2D eigenvalue weighted by Crippen LogP contribution is -2.12. The van der Waals surface area contributed by atoms with Crippen LogP contribution in [0.15, 0.2) is 60.2 Å². The average molecular weight is 390 g/mol. The van der Waals surface area contributed by atoms with Gasteiger partial charge in [0, 0.05) is 6.42 Å². The third-order valence-electron chi connectivity index (χ3n) is 3.99. The van der Waals surface area contributed by atoms with Gasteiger partial charge in [0.25, 0.3) is 6.08 Å². The number of carbonyl (C=O) groups excluding carboxylic acids is 1. The molecular formula is C22H24F2O4. The van der Waals surface area contributed by atoms with Crippen molar-refractivity contribution in [1.82, 2.24) is 0 Å². The summed E-state index contributed by atoms with van der Waals surface area (Å²) in [5, 5.41) is 0. The van der Waals surface area contributed by atoms with E-state index in [9.17, 15) is 13.6 Å². The summed E-state index contributed by atoms with van der Waals surface area (Å²) in [6.45, 7) is 4.06. The standard InChI is InChI=1S/C22H24F2O4/c1-16-3-6-18(7-4-16)15-28-20-10-8-19(9-11-20)26-13-14-27-21(25)12-5-17(2)22(23)24/h3-4,6-11H,5,12-15H2,1-2H3. The first-order chi connectivity index (χ1) is 13.4. The molecule has 0 saturated carbocycles. The lowest BCUT2D eigenvalue weighted by molar-refractivity contribution is -0.144. The molecule has 0 bridgehead atoms. The third-order valence-corrected chi connectivity index (χ3v) is 3.99. The SMILES string of the molecule is CC(CCC(=O)OCCOc1ccc(OCc2ccc(C)cc2)cc1)=C(F)F. The molecule has 0 fully saturated rings. The van der Waals surface area contributed by atoms with Crippen LogP contribution >= 0.6 is 0 Å². The van der Waals surface area contributed by atoms with E-state index in [0.717, 1.165) is 11.3 Å². The molecule has 150 valence electrons. The fourth-order valence-electron chi connectivity index (χ4n) is 2.25. The Balaban J connectivity index is 1.65. The molecule has 0 aromatic heterocycles. The van der Waals surface area contributed by atoms with Gasteiger partial charge in [-0.3, -0.25) is 4.79 Å². The minimum Gasteiger partial charge on any atom is -0.490 e. The normalized spacial score (nSPS) is 10.3. The van der Waals surface area contributed by atoms with Crippen molar-refractivity contribution < 1.29 is 27.8 Å². The summed E-state index contributed by atoms with van der Waals surface area (Å²) in [4.78, 5) is 11.5. The van der Waals surface area contributed by atoms with E-state index in [0.29, 0.717) is 12.4 Å². The van der Waals surface area contributed by atoms with Crippen LogP contribution in [0.2, 0.25) is 0 Å². The molecule has 0 N–H and O–H groups in total. The van der Waals surface area contributed by atoms with Gasteiger partial charge in [-0.2, -0.15) is 8.78 Å². The first-order valence-corrected chi connectivity index (χ1v) is 9.01. The lowest BCUT2D eigenvalue weighted by atomic mass is 10.2. The summed E-state index contributed by atoms with van der Waals surface area (Å²) < 4.78 is 40.7. The molecule has 2 aromatic rings. The molecule has 0 atom stereocenters. The van der Waals surface area contributed by atoms with Crippen molar-refractivity contribution in [2.45, 2.75) is 33.3 Å². The maximum Gasteiger partial charge on any atom is 0.306 e. The van der Waals surface area contributed by atoms with E-state index in [1.54, 1.807) is 24.3 Å². The number of hydrogen-bond acceptors (Lipinski definition) is 4. The summed E-state index contributed by atoms with van der Waals surface area (Å²) in [6, 6.07) is 15.3. The van der Waals surface area contributed by atoms with Crippen LogP contribution in [0.4, 0.5) is 8.78 Å². The van der Waals surface area contributed by atoms with Crippen molar-refractivity contribution in [1.29, 1.82) is 0 Å². The van der Waals surface area contributed by atoms with Gasteiger partial charge >= 0.3 is 5.97 Å². The fourth-order valence-corrected chi connectivity index (χ4v) is 2.25. The molecule has 0 amide bonds. The Kier molecular flexibility index (Phi) is 8.46. The molecule has 0 heterocycles. The molecule has 0 saturated heterocycles. The number of esters is 1. The van der Waals surface area contributed by atoms with E-state index >= 15 is 0 Å². The van der Waals surface area contributed by atoms with E-state index in [2.05, 4.69) is 0 Å². The Morgan fingerprint density at radius 2 is 1.46 bits per heavy atom. The first-order valence-electron chi connectivity index (χ1n) is 9.01. The smallest absolute Gasteiger partial charge is 0.306 e. The summed E-state index contributed by atoms with van der Waals surface area (Å²) in [5.41, 5.74) is 2.20. The maximum atomic E-state index is 12.2. The fraction of sp³-hybridized carbons (Fsp3) is 0.318. The van der Waals surface area contributed by atoms with Crippen LogP contribution in [0.3, 0.4) is 0 Å². The van der Waals surface area contributed by atoms with Crippen LogP contribution in [0.5, 0.6) is 11.5 Å². The third kappa shape index (κ3) is 7.78. The van der Waals surface area contributed by atoms with Crippen molar-refractivity contribution in [3.63, 3.8) is 0 Å². The van der Waals surface area contributed by atoms with Crippen LogP contribution in [0.25, 0.3) is 0 Å². The maximum absolute atomic E-state index is 12.2. The summed E-state index contributed by atoms with van der Waals surface area (Å²) in [6.07, 6.45) is -1.83. The molecule has 6 heteroatoms. The zero-order valence-corrected chi connectivity index (χ0v) is 16.0. The monoisotopic (exact) mass is 390 g/mol. The number of carbonyl (C=O) groups is 1. The zero-order valence-electron chi connectivity index (χ0n) is 16.0. The second-order valence-electron chi connectivity index (χ2n) is 6.36. The minimum atomic E-state index is -1.75. The Morgan fingerprint density at radius 1 is 0.857 bits per heavy atom. The zero-order chi connectivity index (χ0) is 20.4. The van der Waals surface area contributed by atoms with Crippen LogP contribution in [-0.2, 0) is 16.1 Å². The number of aryl methyl sites for hydroxylation is 1. The number of allylic oxidation sites excluding steroid dienone is 1. The van der Waals surface area contributed by atoms with Gasteiger partial charge in [0.1, 0.15) is 31.3 Å². The highest BCUT2D eigenvalue weighted by Gasteiger charge is 2.07. The molecule has 28 heavy (non-hydrogen) atoms. The molecule has 0 radical (unpaired) electrons. The van der Waals surface area contributed by atoms with Gasteiger partial charge in [-0.05, 0) is 55.7 Å². The van der Waals surface area contributed by atoms with Gasteiger partial charge in [-0.25, -0.2) is 0 Å². The summed E-state index contributed by atoms with van der Waals surface area (Å²) in [5.74, 6) is 0.823. The van der Waals surface area contributed by atoms with Gasteiger partial charge in [0.15, 0.2) is 0 Å². The van der Waals surface area contributed by atoms with E-state index in [1.165, 1.54) is 12.5 Å². The number of benzene rings is 2. The number of halogens is 2. The van der Waals surface area contributed by atoms with Crippen molar-refractivity contribution in [2.24, 2.45) is 0 Å². The second kappa shape index (κ2) is 11.1. The number of hydrogen-bond donors (Lipinski definition) is 0. The van der Waals surface area contributed by atoms with Crippen molar-refractivity contribution >= 4 is 5.97 Å².